The molecule has 0 aromatic carbocycles. The van der Waals surface area contributed by atoms with Crippen LogP contribution >= 0.6 is 22.6 Å². The van der Waals surface area contributed by atoms with E-state index in [1.807, 2.05) is 0 Å². The molecule has 0 saturated heterocycles. The van der Waals surface area contributed by atoms with Crippen LogP contribution in [0.25, 0.3) is 0 Å². The zero-order valence-corrected chi connectivity index (χ0v) is 4.44. The zero-order valence-electron chi connectivity index (χ0n) is 2.29. The molecule has 0 aliphatic rings. The molecule has 0 bridgehead atoms. The molecule has 0 fully saturated rings. The number of rotatable bonds is 0. The van der Waals surface area contributed by atoms with Crippen molar-refractivity contribution in [2.45, 2.75) is 6.92 Å². The fraction of sp³-hybridized carbons (Fsp3) is 0.500. The molecule has 0 N–H and O–H groups in total. The predicted octanol–water partition coefficient (Wildman–Crippen LogP) is 0.319. The van der Waals surface area contributed by atoms with Gasteiger partial charge in [-0.2, -0.15) is 0 Å². The van der Waals surface area contributed by atoms with Gasteiger partial charge in [-0.3, -0.25) is 4.79 Å². The molecule has 0 saturated carbocycles. The van der Waals surface area contributed by atoms with Crippen LogP contribution < -0.4 is 0 Å². The van der Waals surface area contributed by atoms with Gasteiger partial charge in [-0.05, 0) is 22.6 Å². The second-order valence-electron chi connectivity index (χ2n) is 0.470. The number of hydrogen-bond donors (Lipinski definition) is 0. The monoisotopic (exact) mass is 194 g/mol. The van der Waals surface area contributed by atoms with Gasteiger partial charge in [0.1, 0.15) is 0 Å². The van der Waals surface area contributed by atoms with Crippen LogP contribution in [-0.2, 0) is 4.79 Å². The Balaban J connectivity index is 0. The van der Waals surface area contributed by atoms with Crippen molar-refractivity contribution < 1.29 is 4.79 Å². The summed E-state index contributed by atoms with van der Waals surface area (Å²) in [6.45, 7) is 1.51. The molecule has 0 heterocycles. The maximum absolute atomic E-state index is 9.43. The third-order valence-electron chi connectivity index (χ3n) is 0. The van der Waals surface area contributed by atoms with E-state index in [0.717, 1.165) is 0 Å². The van der Waals surface area contributed by atoms with Gasteiger partial charge < -0.3 is 0 Å². The molecular weight excluding hydrogens is 190 g/mol. The Bertz CT molecular complexity index is 32.6. The van der Waals surface area contributed by atoms with Crippen molar-refractivity contribution in [2.24, 2.45) is 0 Å². The van der Waals surface area contributed by atoms with Gasteiger partial charge in [-0.1, -0.05) is 0 Å². The summed E-state index contributed by atoms with van der Waals surface area (Å²) >= 11 is 1.70. The Morgan fingerprint density at radius 1 is 1.80 bits per heavy atom. The van der Waals surface area contributed by atoms with Gasteiger partial charge in [0.2, 0.25) is 0 Å². The second-order valence-corrected chi connectivity index (χ2v) is 1.99. The van der Waals surface area contributed by atoms with Crippen molar-refractivity contribution in [3.63, 3.8) is 0 Å². The van der Waals surface area contributed by atoms with Gasteiger partial charge >= 0.3 is 29.6 Å². The Hall–Kier alpha value is 1.40. The molecule has 0 amide bonds. The summed E-state index contributed by atoms with van der Waals surface area (Å²) < 4.78 is 0.137. The normalized spacial score (nSPS) is 5.20. The molecule has 0 aliphatic heterocycles. The van der Waals surface area contributed by atoms with Crippen molar-refractivity contribution in [2.75, 3.05) is 0 Å². The summed E-state index contributed by atoms with van der Waals surface area (Å²) in [5, 5.41) is 0. The second kappa shape index (κ2) is 5.40. The van der Waals surface area contributed by atoms with Crippen LogP contribution in [0.2, 0.25) is 0 Å². The molecule has 3 heteroatoms. The Morgan fingerprint density at radius 2 is 1.80 bits per heavy atom. The van der Waals surface area contributed by atoms with Crippen molar-refractivity contribution >= 4 is 55.9 Å². The summed E-state index contributed by atoms with van der Waals surface area (Å²) in [6.07, 6.45) is 0. The molecule has 0 rings (SSSR count). The molecule has 0 atom stereocenters. The summed E-state index contributed by atoms with van der Waals surface area (Å²) in [6, 6.07) is 0. The molecule has 0 unspecified atom stereocenters. The molecule has 26 valence electrons. The minimum absolute atomic E-state index is 0. The quantitative estimate of drug-likeness (QED) is 0.308. The Kier molecular flexibility index (Phi) is 10.4. The van der Waals surface area contributed by atoms with Crippen LogP contribution in [-0.4, -0.2) is 33.3 Å². The molecule has 1 nitrogen and oxygen atoms in total. The van der Waals surface area contributed by atoms with Gasteiger partial charge in [0.25, 0.3) is 0 Å². The summed E-state index contributed by atoms with van der Waals surface area (Å²) in [5.41, 5.74) is 0. The summed E-state index contributed by atoms with van der Waals surface area (Å²) in [5.74, 6) is 0. The van der Waals surface area contributed by atoms with Crippen molar-refractivity contribution in [3.8, 4) is 0 Å². The van der Waals surface area contributed by atoms with Gasteiger partial charge in [0.15, 0.2) is 3.79 Å². The molecule has 0 aromatic heterocycles. The van der Waals surface area contributed by atoms with E-state index in [4.69, 9.17) is 0 Å². The van der Waals surface area contributed by atoms with Crippen LogP contribution in [0.15, 0.2) is 0 Å². The van der Waals surface area contributed by atoms with E-state index in [1.165, 1.54) is 6.92 Å². The first kappa shape index (κ1) is 9.64. The van der Waals surface area contributed by atoms with Crippen LogP contribution in [0.4, 0.5) is 0 Å². The molecular formula is C2H4INaO. The summed E-state index contributed by atoms with van der Waals surface area (Å²) in [4.78, 5) is 9.43. The first-order valence-electron chi connectivity index (χ1n) is 0.893. The zero-order chi connectivity index (χ0) is 3.58. The molecule has 0 radical (unpaired) electrons. The van der Waals surface area contributed by atoms with Gasteiger partial charge in [-0.25, -0.2) is 0 Å². The average molecular weight is 194 g/mol. The maximum atomic E-state index is 9.43. The Labute approximate surface area is 66.9 Å². The average Bonchev–Trinajstić information content (AvgIpc) is 0.811. The first-order chi connectivity index (χ1) is 1.73. The van der Waals surface area contributed by atoms with Gasteiger partial charge in [0, 0.05) is 6.92 Å². The van der Waals surface area contributed by atoms with E-state index in [0.29, 0.717) is 0 Å². The number of carbonyl (C=O) groups excluding carboxylic acids is 1. The number of halogens is 1. The van der Waals surface area contributed by atoms with Crippen molar-refractivity contribution in [1.29, 1.82) is 0 Å². The van der Waals surface area contributed by atoms with E-state index in [1.54, 1.807) is 22.6 Å². The third-order valence-corrected chi connectivity index (χ3v) is 0. The fourth-order valence-corrected chi connectivity index (χ4v) is 0. The minimum atomic E-state index is 0. The summed E-state index contributed by atoms with van der Waals surface area (Å²) in [7, 11) is 0. The molecule has 0 aliphatic carbocycles. The van der Waals surface area contributed by atoms with Crippen LogP contribution in [0.1, 0.15) is 6.92 Å². The predicted molar refractivity (Wildman–Crippen MR) is 31.8 cm³/mol. The van der Waals surface area contributed by atoms with Crippen molar-refractivity contribution in [1.82, 2.24) is 0 Å². The molecule has 5 heavy (non-hydrogen) atoms. The van der Waals surface area contributed by atoms with E-state index in [-0.39, 0.29) is 33.3 Å². The number of carbonyl (C=O) groups is 1. The van der Waals surface area contributed by atoms with E-state index < -0.39 is 0 Å². The SMILES string of the molecule is CC(=O)I.[NaH]. The van der Waals surface area contributed by atoms with Gasteiger partial charge in [-0.15, -0.1) is 0 Å². The van der Waals surface area contributed by atoms with Crippen LogP contribution in [0.3, 0.4) is 0 Å². The Morgan fingerprint density at radius 3 is 1.80 bits per heavy atom. The fourth-order valence-electron chi connectivity index (χ4n) is 0. The van der Waals surface area contributed by atoms with E-state index in [2.05, 4.69) is 0 Å². The molecule has 0 aromatic rings. The molecule has 0 spiro atoms. The van der Waals surface area contributed by atoms with Crippen LogP contribution in [0.5, 0.6) is 0 Å². The van der Waals surface area contributed by atoms with E-state index in [9.17, 15) is 4.79 Å². The van der Waals surface area contributed by atoms with Crippen molar-refractivity contribution in [3.05, 3.63) is 0 Å². The standard InChI is InChI=1S/C2H3IO.Na.H/c1-2(3)4;;/h1H3;;. The topological polar surface area (TPSA) is 17.1 Å². The van der Waals surface area contributed by atoms with E-state index >= 15 is 0 Å². The first-order valence-corrected chi connectivity index (χ1v) is 1.97. The van der Waals surface area contributed by atoms with Crippen LogP contribution in [0, 0.1) is 0 Å². The van der Waals surface area contributed by atoms with Gasteiger partial charge in [0.05, 0.1) is 0 Å². The third kappa shape index (κ3) is 31.8. The number of hydrogen-bond acceptors (Lipinski definition) is 1.